The van der Waals surface area contributed by atoms with Gasteiger partial charge in [0.05, 0.1) is 25.4 Å². The van der Waals surface area contributed by atoms with Gasteiger partial charge in [-0.15, -0.1) is 0 Å². The summed E-state index contributed by atoms with van der Waals surface area (Å²) >= 11 is 0. The minimum Gasteiger partial charge on any atom is -0.394 e. The smallest absolute Gasteiger partial charge is 0.217 e. The third-order valence-corrected chi connectivity index (χ3v) is 9.00. The van der Waals surface area contributed by atoms with Crippen LogP contribution in [0.4, 0.5) is 0 Å². The predicted octanol–water partition coefficient (Wildman–Crippen LogP) is -6.12. The maximum atomic E-state index is 12.1. The second-order valence-corrected chi connectivity index (χ2v) is 12.7. The van der Waals surface area contributed by atoms with E-state index in [1.54, 1.807) is 0 Å². The van der Waals surface area contributed by atoms with Crippen LogP contribution in [0.3, 0.4) is 0 Å². The van der Waals surface area contributed by atoms with Crippen LogP contribution in [0.15, 0.2) is 0 Å². The van der Waals surface area contributed by atoms with Crippen LogP contribution in [0, 0.1) is 0 Å². The summed E-state index contributed by atoms with van der Waals surface area (Å²) in [5.41, 5.74) is 0. The first-order chi connectivity index (χ1) is 23.1. The molecule has 4 saturated heterocycles. The average Bonchev–Trinajstić information content (AvgIpc) is 3.07. The molecule has 20 heteroatoms. The van der Waals surface area contributed by atoms with Crippen molar-refractivity contribution in [2.24, 2.45) is 0 Å². The van der Waals surface area contributed by atoms with Crippen molar-refractivity contribution in [3.63, 3.8) is 0 Å². The number of aliphatic hydroxyl groups is 10. The molecule has 4 rings (SSSR count). The number of carbonyl (C=O) groups excluding carboxylic acids is 1. The number of carbonyl (C=O) groups is 1. The van der Waals surface area contributed by atoms with Gasteiger partial charge in [-0.2, -0.15) is 0 Å². The molecular formula is C29H51NO19. The molecule has 0 aliphatic carbocycles. The number of nitrogens with one attached hydrogen (secondary N) is 1. The van der Waals surface area contributed by atoms with Gasteiger partial charge in [-0.1, -0.05) is 6.92 Å². The number of aliphatic hydroxyl groups excluding tert-OH is 10. The van der Waals surface area contributed by atoms with Crippen molar-refractivity contribution in [2.45, 2.75) is 157 Å². The zero-order chi connectivity index (χ0) is 36.3. The fourth-order valence-corrected chi connectivity index (χ4v) is 6.14. The fraction of sp³-hybridized carbons (Fsp3) is 0.966. The molecule has 4 aliphatic rings. The van der Waals surface area contributed by atoms with E-state index in [9.17, 15) is 55.9 Å². The molecule has 20 nitrogen and oxygen atoms in total. The van der Waals surface area contributed by atoms with E-state index in [4.69, 9.17) is 37.9 Å². The predicted molar refractivity (Wildman–Crippen MR) is 157 cm³/mol. The topological polar surface area (TPSA) is 305 Å². The van der Waals surface area contributed by atoms with E-state index >= 15 is 0 Å². The second-order valence-electron chi connectivity index (χ2n) is 12.7. The normalized spacial score (nSPS) is 49.4. The van der Waals surface area contributed by atoms with E-state index < -0.39 is 142 Å². The first-order valence-corrected chi connectivity index (χ1v) is 16.3. The number of rotatable bonds is 12. The van der Waals surface area contributed by atoms with E-state index in [0.29, 0.717) is 6.42 Å². The molecule has 0 aromatic carbocycles. The van der Waals surface area contributed by atoms with Gasteiger partial charge in [0.2, 0.25) is 5.91 Å². The van der Waals surface area contributed by atoms with Crippen LogP contribution in [0.2, 0.25) is 0 Å². The van der Waals surface area contributed by atoms with Crippen LogP contribution in [0.25, 0.3) is 0 Å². The largest absolute Gasteiger partial charge is 0.394 e. The minimum absolute atomic E-state index is 0.167. The lowest BCUT2D eigenvalue weighted by Gasteiger charge is -2.50. The van der Waals surface area contributed by atoms with Crippen molar-refractivity contribution in [2.75, 3.05) is 19.8 Å². The van der Waals surface area contributed by atoms with Gasteiger partial charge in [-0.3, -0.25) is 4.79 Å². The fourth-order valence-electron chi connectivity index (χ4n) is 6.14. The third-order valence-electron chi connectivity index (χ3n) is 9.00. The number of hydrogen-bond acceptors (Lipinski definition) is 19. The van der Waals surface area contributed by atoms with Gasteiger partial charge in [0.25, 0.3) is 0 Å². The summed E-state index contributed by atoms with van der Waals surface area (Å²) in [7, 11) is 0. The van der Waals surface area contributed by atoms with Gasteiger partial charge in [-0.25, -0.2) is 0 Å². The molecule has 20 atom stereocenters. The Balaban J connectivity index is 1.73. The molecule has 0 saturated carbocycles. The summed E-state index contributed by atoms with van der Waals surface area (Å²) in [5.74, 6) is -0.673. The molecular weight excluding hydrogens is 666 g/mol. The zero-order valence-electron chi connectivity index (χ0n) is 27.5. The van der Waals surface area contributed by atoms with Crippen LogP contribution >= 0.6 is 0 Å². The van der Waals surface area contributed by atoms with Crippen LogP contribution < -0.4 is 5.32 Å². The highest BCUT2D eigenvalue weighted by Gasteiger charge is 2.56. The monoisotopic (exact) mass is 717 g/mol. The Hall–Kier alpha value is -1.25. The second kappa shape index (κ2) is 17.5. The highest BCUT2D eigenvalue weighted by Crippen LogP contribution is 2.36. The highest BCUT2D eigenvalue weighted by atomic mass is 16.8. The summed E-state index contributed by atoms with van der Waals surface area (Å²) in [6, 6.07) is -1.49. The van der Waals surface area contributed by atoms with Crippen molar-refractivity contribution in [3.8, 4) is 0 Å². The Labute approximate surface area is 281 Å². The molecule has 286 valence electrons. The third kappa shape index (κ3) is 8.87. The SMILES string of the molecule is CCCO[C@@H]1OC(C)[C@H](O)C(O)C1O[C@@H]1OC(C)[C@H](O)C(O[C@H]2OC(CO)[C@@H](O)C(O)C2O)C1O[C@@H]1OC(CO)[C@@H](O)C(O)C1NC(C)=O. The first kappa shape index (κ1) is 40.5. The molecule has 1 amide bonds. The van der Waals surface area contributed by atoms with Crippen molar-refractivity contribution in [1.29, 1.82) is 0 Å². The molecule has 12 unspecified atom stereocenters. The van der Waals surface area contributed by atoms with E-state index in [2.05, 4.69) is 5.32 Å². The lowest BCUT2D eigenvalue weighted by molar-refractivity contribution is -0.401. The van der Waals surface area contributed by atoms with E-state index in [-0.39, 0.29) is 6.61 Å². The minimum atomic E-state index is -1.92. The Morgan fingerprint density at radius 3 is 1.71 bits per heavy atom. The van der Waals surface area contributed by atoms with Gasteiger partial charge in [0.15, 0.2) is 25.2 Å². The number of ether oxygens (including phenoxy) is 8. The molecule has 49 heavy (non-hydrogen) atoms. The number of amides is 1. The Kier molecular flexibility index (Phi) is 14.5. The van der Waals surface area contributed by atoms with Crippen LogP contribution in [-0.2, 0) is 42.7 Å². The summed E-state index contributed by atoms with van der Waals surface area (Å²) < 4.78 is 47.0. The van der Waals surface area contributed by atoms with Gasteiger partial charge in [0.1, 0.15) is 85.4 Å². The average molecular weight is 718 g/mol. The van der Waals surface area contributed by atoms with E-state index in [0.717, 1.165) is 6.92 Å². The summed E-state index contributed by atoms with van der Waals surface area (Å²) in [4.78, 5) is 12.1. The van der Waals surface area contributed by atoms with Crippen LogP contribution in [0.1, 0.15) is 34.1 Å². The summed E-state index contributed by atoms with van der Waals surface area (Å²) in [6.07, 6.45) is -29.3. The summed E-state index contributed by atoms with van der Waals surface area (Å²) in [6.45, 7) is 4.45. The van der Waals surface area contributed by atoms with Gasteiger partial charge >= 0.3 is 0 Å². The van der Waals surface area contributed by atoms with Gasteiger partial charge in [-0.05, 0) is 20.3 Å². The molecule has 11 N–H and O–H groups in total. The highest BCUT2D eigenvalue weighted by molar-refractivity contribution is 5.73. The van der Waals surface area contributed by atoms with Gasteiger partial charge < -0.3 is 94.3 Å². The molecule has 0 aromatic rings. The van der Waals surface area contributed by atoms with Crippen molar-refractivity contribution >= 4 is 5.91 Å². The maximum Gasteiger partial charge on any atom is 0.217 e. The molecule has 0 spiro atoms. The molecule has 0 bridgehead atoms. The van der Waals surface area contributed by atoms with Crippen LogP contribution in [0.5, 0.6) is 0 Å². The zero-order valence-corrected chi connectivity index (χ0v) is 27.5. The quantitative estimate of drug-likeness (QED) is 0.0895. The first-order valence-electron chi connectivity index (χ1n) is 16.3. The molecule has 4 heterocycles. The molecule has 4 fully saturated rings. The van der Waals surface area contributed by atoms with Crippen molar-refractivity contribution < 1.29 is 93.8 Å². The maximum absolute atomic E-state index is 12.1. The Morgan fingerprint density at radius 2 is 1.12 bits per heavy atom. The van der Waals surface area contributed by atoms with Crippen LogP contribution in [-0.4, -0.2) is 200 Å². The van der Waals surface area contributed by atoms with Crippen molar-refractivity contribution in [3.05, 3.63) is 0 Å². The van der Waals surface area contributed by atoms with E-state index in [1.165, 1.54) is 13.8 Å². The standard InChI is InChI=1S/C29H51NO19/c1-5-6-42-28-24(21(40)15(34)9(2)43-28)48-29-25(49-26-14(30-11(4)33)19(38)17(36)12(7-31)45-26)23(16(35)10(3)44-29)47-27-22(41)20(39)18(37)13(8-32)46-27/h9-10,12-29,31-32,34-41H,5-8H2,1-4H3,(H,30,33)/t9?,10?,12?,13?,14?,15-,16-,17+,18+,19?,20?,21?,22?,23?,24?,25?,26-,27+,28+,29-/m0/s1. The molecule has 0 radical (unpaired) electrons. The summed E-state index contributed by atoms with van der Waals surface area (Å²) in [5, 5.41) is 108. The lowest BCUT2D eigenvalue weighted by Crippen LogP contribution is -2.69. The lowest BCUT2D eigenvalue weighted by atomic mass is 9.95. The Bertz CT molecular complexity index is 1040. The Morgan fingerprint density at radius 1 is 0.592 bits per heavy atom. The number of hydrogen-bond donors (Lipinski definition) is 11. The molecule has 4 aliphatic heterocycles. The van der Waals surface area contributed by atoms with E-state index in [1.807, 2.05) is 6.92 Å². The van der Waals surface area contributed by atoms with Crippen molar-refractivity contribution in [1.82, 2.24) is 5.32 Å². The van der Waals surface area contributed by atoms with Gasteiger partial charge in [0, 0.05) is 13.5 Å². The molecule has 0 aromatic heterocycles.